The van der Waals surface area contributed by atoms with E-state index in [0.29, 0.717) is 30.2 Å². The maximum atomic E-state index is 12.9. The van der Waals surface area contributed by atoms with Gasteiger partial charge in [0.15, 0.2) is 0 Å². The van der Waals surface area contributed by atoms with Crippen LogP contribution in [0.2, 0.25) is 0 Å². The monoisotopic (exact) mass is 357 g/mol. The molecule has 26 heavy (non-hydrogen) atoms. The molecule has 0 spiro atoms. The average Bonchev–Trinajstić information content (AvgIpc) is 3.05. The third kappa shape index (κ3) is 4.14. The van der Waals surface area contributed by atoms with Crippen molar-refractivity contribution < 1.29 is 23.1 Å². The molecule has 0 aliphatic carbocycles. The van der Waals surface area contributed by atoms with Gasteiger partial charge in [-0.15, -0.1) is 0 Å². The van der Waals surface area contributed by atoms with E-state index < -0.39 is 0 Å². The van der Waals surface area contributed by atoms with E-state index in [1.165, 1.54) is 12.1 Å². The lowest BCUT2D eigenvalue weighted by molar-refractivity contribution is -0.129. The molecule has 5 nitrogen and oxygen atoms in total. The summed E-state index contributed by atoms with van der Waals surface area (Å²) >= 11 is 0. The fraction of sp³-hybridized carbons (Fsp3) is 0.250. The minimum Gasteiger partial charge on any atom is -0.497 e. The van der Waals surface area contributed by atoms with E-state index in [1.54, 1.807) is 43.5 Å². The first-order valence-corrected chi connectivity index (χ1v) is 8.23. The molecule has 0 radical (unpaired) electrons. The Bertz CT molecular complexity index is 888. The molecule has 2 aromatic carbocycles. The fourth-order valence-corrected chi connectivity index (χ4v) is 2.58. The summed E-state index contributed by atoms with van der Waals surface area (Å²) in [6, 6.07) is 11.3. The number of rotatable bonds is 7. The standard InChI is InChI=1S/C20H20FNO4/c1-22(9-10-25-16-5-3-15(21)4-6-16)20(23)11-14-13-26-19-12-17(24-2)7-8-18(14)19/h3-8,12-13H,9-11H2,1-2H3. The number of nitrogens with zero attached hydrogens (tertiary/aromatic N) is 1. The molecular formula is C20H20FNO4. The highest BCUT2D eigenvalue weighted by atomic mass is 19.1. The number of fused-ring (bicyclic) bond motifs is 1. The van der Waals surface area contributed by atoms with Crippen LogP contribution in [0.1, 0.15) is 5.56 Å². The Balaban J connectivity index is 1.54. The number of ether oxygens (including phenoxy) is 2. The van der Waals surface area contributed by atoms with Crippen molar-refractivity contribution in [2.45, 2.75) is 6.42 Å². The number of methoxy groups -OCH3 is 1. The summed E-state index contributed by atoms with van der Waals surface area (Å²) in [5, 5.41) is 0.898. The number of halogens is 1. The van der Waals surface area contributed by atoms with Gasteiger partial charge in [-0.05, 0) is 36.4 Å². The number of hydrogen-bond donors (Lipinski definition) is 0. The quantitative estimate of drug-likeness (QED) is 0.648. The van der Waals surface area contributed by atoms with Gasteiger partial charge in [0.05, 0.1) is 26.3 Å². The van der Waals surface area contributed by atoms with Gasteiger partial charge in [0.2, 0.25) is 5.91 Å². The Morgan fingerprint density at radius 3 is 2.62 bits per heavy atom. The van der Waals surface area contributed by atoms with Crippen LogP contribution in [0.4, 0.5) is 4.39 Å². The van der Waals surface area contributed by atoms with Crippen molar-refractivity contribution in [1.29, 1.82) is 0 Å². The Kier molecular flexibility index (Phi) is 5.41. The molecule has 1 amide bonds. The van der Waals surface area contributed by atoms with Gasteiger partial charge < -0.3 is 18.8 Å². The molecule has 3 aromatic rings. The van der Waals surface area contributed by atoms with E-state index in [4.69, 9.17) is 13.9 Å². The van der Waals surface area contributed by atoms with Crippen LogP contribution < -0.4 is 9.47 Å². The lowest BCUT2D eigenvalue weighted by Crippen LogP contribution is -2.32. The summed E-state index contributed by atoms with van der Waals surface area (Å²) in [4.78, 5) is 14.0. The number of hydrogen-bond acceptors (Lipinski definition) is 4. The number of carbonyl (C=O) groups excluding carboxylic acids is 1. The summed E-state index contributed by atoms with van der Waals surface area (Å²) < 4.78 is 29.1. The van der Waals surface area contributed by atoms with Crippen LogP contribution in [0, 0.1) is 5.82 Å². The summed E-state index contributed by atoms with van der Waals surface area (Å²) in [5.74, 6) is 0.933. The molecule has 0 bridgehead atoms. The van der Waals surface area contributed by atoms with E-state index >= 15 is 0 Å². The third-order valence-corrected chi connectivity index (χ3v) is 4.14. The first-order valence-electron chi connectivity index (χ1n) is 8.23. The number of carbonyl (C=O) groups is 1. The average molecular weight is 357 g/mol. The predicted molar refractivity (Wildman–Crippen MR) is 96.0 cm³/mol. The summed E-state index contributed by atoms with van der Waals surface area (Å²) in [5.41, 5.74) is 1.52. The largest absolute Gasteiger partial charge is 0.497 e. The van der Waals surface area contributed by atoms with E-state index in [9.17, 15) is 9.18 Å². The van der Waals surface area contributed by atoms with Crippen LogP contribution >= 0.6 is 0 Å². The molecule has 0 aliphatic heterocycles. The molecule has 1 aromatic heterocycles. The van der Waals surface area contributed by atoms with Crippen molar-refractivity contribution in [2.75, 3.05) is 27.3 Å². The highest BCUT2D eigenvalue weighted by Gasteiger charge is 2.14. The van der Waals surface area contributed by atoms with E-state index in [-0.39, 0.29) is 18.1 Å². The van der Waals surface area contributed by atoms with Crippen molar-refractivity contribution in [3.63, 3.8) is 0 Å². The van der Waals surface area contributed by atoms with Gasteiger partial charge in [-0.1, -0.05) is 0 Å². The van der Waals surface area contributed by atoms with Gasteiger partial charge in [0.25, 0.3) is 0 Å². The van der Waals surface area contributed by atoms with Crippen LogP contribution in [0.5, 0.6) is 11.5 Å². The Morgan fingerprint density at radius 1 is 1.15 bits per heavy atom. The maximum absolute atomic E-state index is 12.9. The van der Waals surface area contributed by atoms with Crippen molar-refractivity contribution in [1.82, 2.24) is 4.90 Å². The normalized spacial score (nSPS) is 10.7. The SMILES string of the molecule is COc1ccc2c(CC(=O)N(C)CCOc3ccc(F)cc3)coc2c1. The van der Waals surface area contributed by atoms with E-state index in [0.717, 1.165) is 10.9 Å². The van der Waals surface area contributed by atoms with E-state index in [1.807, 2.05) is 12.1 Å². The second kappa shape index (κ2) is 7.91. The minimum atomic E-state index is -0.311. The second-order valence-electron chi connectivity index (χ2n) is 5.92. The number of benzene rings is 2. The topological polar surface area (TPSA) is 51.9 Å². The molecule has 0 saturated carbocycles. The summed E-state index contributed by atoms with van der Waals surface area (Å²) in [7, 11) is 3.32. The van der Waals surface area contributed by atoms with Crippen molar-refractivity contribution in [2.24, 2.45) is 0 Å². The van der Waals surface area contributed by atoms with Crippen LogP contribution in [0.3, 0.4) is 0 Å². The lowest BCUT2D eigenvalue weighted by Gasteiger charge is -2.17. The highest BCUT2D eigenvalue weighted by molar-refractivity contribution is 5.88. The minimum absolute atomic E-state index is 0.0359. The van der Waals surface area contributed by atoms with Gasteiger partial charge in [0.1, 0.15) is 29.5 Å². The van der Waals surface area contributed by atoms with Crippen molar-refractivity contribution in [3.8, 4) is 11.5 Å². The zero-order valence-corrected chi connectivity index (χ0v) is 14.7. The molecule has 0 atom stereocenters. The number of amides is 1. The highest BCUT2D eigenvalue weighted by Crippen LogP contribution is 2.26. The van der Waals surface area contributed by atoms with Crippen LogP contribution in [0.25, 0.3) is 11.0 Å². The molecule has 0 unspecified atom stereocenters. The van der Waals surface area contributed by atoms with Gasteiger partial charge in [-0.25, -0.2) is 4.39 Å². The summed E-state index contributed by atoms with van der Waals surface area (Å²) in [6.07, 6.45) is 1.84. The predicted octanol–water partition coefficient (Wildman–Crippen LogP) is 3.66. The maximum Gasteiger partial charge on any atom is 0.226 e. The molecule has 0 N–H and O–H groups in total. The van der Waals surface area contributed by atoms with Crippen LogP contribution in [0.15, 0.2) is 53.1 Å². The molecule has 1 heterocycles. The number of furan rings is 1. The molecule has 0 saturated heterocycles. The van der Waals surface area contributed by atoms with E-state index in [2.05, 4.69) is 0 Å². The molecule has 6 heteroatoms. The third-order valence-electron chi connectivity index (χ3n) is 4.14. The van der Waals surface area contributed by atoms with Gasteiger partial charge in [-0.3, -0.25) is 4.79 Å². The van der Waals surface area contributed by atoms with Crippen LogP contribution in [-0.4, -0.2) is 38.1 Å². The van der Waals surface area contributed by atoms with Crippen molar-refractivity contribution >= 4 is 16.9 Å². The zero-order valence-electron chi connectivity index (χ0n) is 14.7. The lowest BCUT2D eigenvalue weighted by atomic mass is 10.1. The fourth-order valence-electron chi connectivity index (χ4n) is 2.58. The van der Waals surface area contributed by atoms with Crippen molar-refractivity contribution in [3.05, 3.63) is 60.1 Å². The molecule has 3 rings (SSSR count). The zero-order chi connectivity index (χ0) is 18.5. The Morgan fingerprint density at radius 2 is 1.88 bits per heavy atom. The molecule has 136 valence electrons. The molecule has 0 aliphatic rings. The number of likely N-dealkylation sites (N-methyl/N-ethyl adjacent to an activating group) is 1. The Hall–Kier alpha value is -3.02. The summed E-state index contributed by atoms with van der Waals surface area (Å²) in [6.45, 7) is 0.761. The van der Waals surface area contributed by atoms with Gasteiger partial charge in [0, 0.05) is 24.1 Å². The molecular weight excluding hydrogens is 337 g/mol. The second-order valence-corrected chi connectivity index (χ2v) is 5.92. The molecule has 0 fully saturated rings. The van der Waals surface area contributed by atoms with Gasteiger partial charge in [-0.2, -0.15) is 0 Å². The Labute approximate surface area is 150 Å². The van der Waals surface area contributed by atoms with Crippen LogP contribution in [-0.2, 0) is 11.2 Å². The van der Waals surface area contributed by atoms with Gasteiger partial charge >= 0.3 is 0 Å². The first-order chi connectivity index (χ1) is 12.6. The first kappa shape index (κ1) is 17.8. The smallest absolute Gasteiger partial charge is 0.226 e.